The van der Waals surface area contributed by atoms with Crippen LogP contribution >= 0.6 is 15.9 Å². The summed E-state index contributed by atoms with van der Waals surface area (Å²) >= 11 is 3.30. The topological polar surface area (TPSA) is 56.9 Å². The molecular weight excluding hydrogens is 258 g/mol. The highest BCUT2D eigenvalue weighted by Gasteiger charge is 2.16. The van der Waals surface area contributed by atoms with E-state index in [-0.39, 0.29) is 11.9 Å². The summed E-state index contributed by atoms with van der Waals surface area (Å²) in [6, 6.07) is 2.04. The average Bonchev–Trinajstić information content (AvgIpc) is 2.66. The fourth-order valence-corrected chi connectivity index (χ4v) is 2.08. The standard InChI is InChI=1S/C10H14BrN3O/c11-7-4-9(13-5-7)10(15)14-8-2-1-3-12-6-8/h4-5,8,12-13H,1-3,6H2,(H,14,15)/t8-/m0/s1. The molecule has 1 saturated heterocycles. The number of aromatic nitrogens is 1. The number of carbonyl (C=O) groups excluding carboxylic acids is 1. The molecule has 82 valence electrons. The Kier molecular flexibility index (Phi) is 3.43. The lowest BCUT2D eigenvalue weighted by Gasteiger charge is -2.23. The molecule has 1 aromatic heterocycles. The van der Waals surface area contributed by atoms with Gasteiger partial charge in [0, 0.05) is 23.3 Å². The number of piperidine rings is 1. The zero-order valence-corrected chi connectivity index (χ0v) is 9.93. The van der Waals surface area contributed by atoms with Crippen LogP contribution in [0.3, 0.4) is 0 Å². The highest BCUT2D eigenvalue weighted by atomic mass is 79.9. The van der Waals surface area contributed by atoms with Crippen LogP contribution in [0.4, 0.5) is 0 Å². The van der Waals surface area contributed by atoms with Crippen molar-refractivity contribution < 1.29 is 4.79 Å². The van der Waals surface area contributed by atoms with Crippen molar-refractivity contribution in [3.05, 3.63) is 22.4 Å². The van der Waals surface area contributed by atoms with Crippen molar-refractivity contribution in [2.24, 2.45) is 0 Å². The lowest BCUT2D eigenvalue weighted by atomic mass is 10.1. The summed E-state index contributed by atoms with van der Waals surface area (Å²) in [5.74, 6) is -0.0330. The molecule has 1 amide bonds. The van der Waals surface area contributed by atoms with Crippen LogP contribution in [0.25, 0.3) is 0 Å². The number of rotatable bonds is 2. The van der Waals surface area contributed by atoms with Gasteiger partial charge in [0.1, 0.15) is 5.69 Å². The van der Waals surface area contributed by atoms with Crippen molar-refractivity contribution in [1.82, 2.24) is 15.6 Å². The molecule has 1 aliphatic heterocycles. The molecule has 2 heterocycles. The average molecular weight is 272 g/mol. The molecule has 0 saturated carbocycles. The van der Waals surface area contributed by atoms with E-state index in [2.05, 4.69) is 31.5 Å². The first-order valence-corrected chi connectivity index (χ1v) is 5.90. The van der Waals surface area contributed by atoms with E-state index in [4.69, 9.17) is 0 Å². The molecule has 15 heavy (non-hydrogen) atoms. The van der Waals surface area contributed by atoms with Crippen LogP contribution in [-0.2, 0) is 0 Å². The van der Waals surface area contributed by atoms with Crippen molar-refractivity contribution in [3.63, 3.8) is 0 Å². The Labute approximate surface area is 97.0 Å². The SMILES string of the molecule is O=C(N[C@H]1CCCNC1)c1cc(Br)c[nH]1. The predicted molar refractivity (Wildman–Crippen MR) is 61.9 cm³/mol. The molecule has 1 fully saturated rings. The van der Waals surface area contributed by atoms with Gasteiger partial charge in [-0.2, -0.15) is 0 Å². The minimum atomic E-state index is -0.0330. The normalized spacial score (nSPS) is 21.3. The zero-order valence-electron chi connectivity index (χ0n) is 8.35. The first kappa shape index (κ1) is 10.7. The third-order valence-electron chi connectivity index (χ3n) is 2.52. The molecule has 0 aromatic carbocycles. The van der Waals surface area contributed by atoms with E-state index in [9.17, 15) is 4.79 Å². The van der Waals surface area contributed by atoms with Gasteiger partial charge in [-0.05, 0) is 41.4 Å². The van der Waals surface area contributed by atoms with Gasteiger partial charge in [-0.1, -0.05) is 0 Å². The molecule has 1 atom stereocenters. The zero-order chi connectivity index (χ0) is 10.7. The number of H-pyrrole nitrogens is 1. The molecule has 0 radical (unpaired) electrons. The van der Waals surface area contributed by atoms with Gasteiger partial charge in [-0.3, -0.25) is 4.79 Å². The predicted octanol–water partition coefficient (Wildman–Crippen LogP) is 1.26. The fourth-order valence-electron chi connectivity index (χ4n) is 1.74. The summed E-state index contributed by atoms with van der Waals surface area (Å²) < 4.78 is 0.898. The maximum absolute atomic E-state index is 11.7. The van der Waals surface area contributed by atoms with Gasteiger partial charge >= 0.3 is 0 Å². The van der Waals surface area contributed by atoms with Gasteiger partial charge in [0.05, 0.1) is 0 Å². The Morgan fingerprint density at radius 1 is 1.60 bits per heavy atom. The van der Waals surface area contributed by atoms with E-state index in [1.807, 2.05) is 0 Å². The van der Waals surface area contributed by atoms with Crippen molar-refractivity contribution in [2.45, 2.75) is 18.9 Å². The third-order valence-corrected chi connectivity index (χ3v) is 2.98. The molecule has 3 N–H and O–H groups in total. The Morgan fingerprint density at radius 3 is 3.07 bits per heavy atom. The summed E-state index contributed by atoms with van der Waals surface area (Å²) in [5, 5.41) is 6.26. The van der Waals surface area contributed by atoms with Crippen LogP contribution in [0.2, 0.25) is 0 Å². The largest absolute Gasteiger partial charge is 0.356 e. The first-order chi connectivity index (χ1) is 7.25. The van der Waals surface area contributed by atoms with Crippen LogP contribution in [-0.4, -0.2) is 30.0 Å². The second-order valence-electron chi connectivity index (χ2n) is 3.75. The van der Waals surface area contributed by atoms with E-state index in [0.29, 0.717) is 5.69 Å². The van der Waals surface area contributed by atoms with Crippen molar-refractivity contribution in [1.29, 1.82) is 0 Å². The quantitative estimate of drug-likeness (QED) is 0.759. The Hall–Kier alpha value is -0.810. The van der Waals surface area contributed by atoms with Gasteiger partial charge in [0.25, 0.3) is 5.91 Å². The number of nitrogens with one attached hydrogen (secondary N) is 3. The fraction of sp³-hybridized carbons (Fsp3) is 0.500. The minimum absolute atomic E-state index is 0.0330. The first-order valence-electron chi connectivity index (χ1n) is 5.11. The highest BCUT2D eigenvalue weighted by Crippen LogP contribution is 2.11. The van der Waals surface area contributed by atoms with E-state index in [1.165, 1.54) is 0 Å². The van der Waals surface area contributed by atoms with E-state index in [0.717, 1.165) is 30.4 Å². The smallest absolute Gasteiger partial charge is 0.267 e. The summed E-state index contributed by atoms with van der Waals surface area (Å²) in [7, 11) is 0. The Morgan fingerprint density at radius 2 is 2.47 bits per heavy atom. The van der Waals surface area contributed by atoms with E-state index >= 15 is 0 Å². The van der Waals surface area contributed by atoms with Crippen LogP contribution in [0.1, 0.15) is 23.3 Å². The van der Waals surface area contributed by atoms with Crippen LogP contribution in [0, 0.1) is 0 Å². The molecule has 0 bridgehead atoms. The number of halogens is 1. The van der Waals surface area contributed by atoms with Gasteiger partial charge in [-0.25, -0.2) is 0 Å². The summed E-state index contributed by atoms with van der Waals surface area (Å²) in [6.07, 6.45) is 3.94. The molecule has 1 aromatic rings. The monoisotopic (exact) mass is 271 g/mol. The molecule has 0 spiro atoms. The van der Waals surface area contributed by atoms with Gasteiger partial charge in [-0.15, -0.1) is 0 Å². The molecular formula is C10H14BrN3O. The molecule has 1 aliphatic rings. The Balaban J connectivity index is 1.91. The second kappa shape index (κ2) is 4.81. The molecule has 0 unspecified atom stereocenters. The molecule has 4 nitrogen and oxygen atoms in total. The van der Waals surface area contributed by atoms with Crippen molar-refractivity contribution in [3.8, 4) is 0 Å². The number of aromatic amines is 1. The molecule has 5 heteroatoms. The summed E-state index contributed by atoms with van der Waals surface area (Å²) in [6.45, 7) is 1.92. The van der Waals surface area contributed by atoms with Crippen molar-refractivity contribution >= 4 is 21.8 Å². The van der Waals surface area contributed by atoms with E-state index < -0.39 is 0 Å². The lowest BCUT2D eigenvalue weighted by Crippen LogP contribution is -2.45. The number of carbonyl (C=O) groups is 1. The van der Waals surface area contributed by atoms with Crippen LogP contribution < -0.4 is 10.6 Å². The maximum Gasteiger partial charge on any atom is 0.267 e. The lowest BCUT2D eigenvalue weighted by molar-refractivity contribution is 0.0926. The Bertz CT molecular complexity index is 344. The number of hydrogen-bond acceptors (Lipinski definition) is 2. The molecule has 0 aliphatic carbocycles. The van der Waals surface area contributed by atoms with Crippen molar-refractivity contribution in [2.75, 3.05) is 13.1 Å². The maximum atomic E-state index is 11.7. The second-order valence-corrected chi connectivity index (χ2v) is 4.66. The van der Waals surface area contributed by atoms with Gasteiger partial charge in [0.15, 0.2) is 0 Å². The van der Waals surface area contributed by atoms with Gasteiger partial charge < -0.3 is 15.6 Å². The highest BCUT2D eigenvalue weighted by molar-refractivity contribution is 9.10. The summed E-state index contributed by atoms with van der Waals surface area (Å²) in [4.78, 5) is 14.7. The van der Waals surface area contributed by atoms with Crippen LogP contribution in [0.15, 0.2) is 16.7 Å². The number of amides is 1. The third kappa shape index (κ3) is 2.82. The minimum Gasteiger partial charge on any atom is -0.356 e. The van der Waals surface area contributed by atoms with E-state index in [1.54, 1.807) is 12.3 Å². The summed E-state index contributed by atoms with van der Waals surface area (Å²) in [5.41, 5.74) is 0.604. The van der Waals surface area contributed by atoms with Gasteiger partial charge in [0.2, 0.25) is 0 Å². The molecule has 2 rings (SSSR count). The van der Waals surface area contributed by atoms with Crippen LogP contribution in [0.5, 0.6) is 0 Å². The number of hydrogen-bond donors (Lipinski definition) is 3.